The minimum Gasteiger partial charge on any atom is -0.406 e. The van der Waals surface area contributed by atoms with Crippen molar-refractivity contribution < 1.29 is 32.6 Å². The van der Waals surface area contributed by atoms with E-state index in [-0.39, 0.29) is 49.0 Å². The van der Waals surface area contributed by atoms with Crippen LogP contribution < -0.4 is 10.1 Å². The van der Waals surface area contributed by atoms with Gasteiger partial charge in [0.1, 0.15) is 5.75 Å². The van der Waals surface area contributed by atoms with Crippen LogP contribution in [-0.4, -0.2) is 53.9 Å². The second-order valence-electron chi connectivity index (χ2n) is 5.53. The molecule has 2 rings (SSSR count). The van der Waals surface area contributed by atoms with Crippen LogP contribution in [0.3, 0.4) is 0 Å². The highest BCUT2D eigenvalue weighted by Gasteiger charge is 2.36. The predicted octanol–water partition coefficient (Wildman–Crippen LogP) is 1.15. The number of likely N-dealkylation sites (tertiary alicyclic amines) is 1. The Kier molecular flexibility index (Phi) is 5.33. The summed E-state index contributed by atoms with van der Waals surface area (Å²) in [4.78, 5) is 25.0. The Morgan fingerprint density at radius 3 is 2.42 bits per heavy atom. The predicted molar refractivity (Wildman–Crippen MR) is 77.2 cm³/mol. The first-order valence-corrected chi connectivity index (χ1v) is 7.22. The standard InChI is InChI=1S/C15H17F3N2O4/c1-9(22)19-13-7-20(6-11(13)8-21)14(23)10-2-4-12(5-3-10)24-15(16,17)18/h2-5,11,13,21H,6-8H2,1H3,(H,19,22)/t11-,13+/m0/s1. The van der Waals surface area contributed by atoms with Crippen molar-refractivity contribution in [2.45, 2.75) is 19.3 Å². The third-order valence-corrected chi connectivity index (χ3v) is 3.69. The zero-order valence-corrected chi connectivity index (χ0v) is 12.8. The molecule has 0 aromatic heterocycles. The van der Waals surface area contributed by atoms with Crippen LogP contribution in [0.1, 0.15) is 17.3 Å². The number of nitrogens with zero attached hydrogens (tertiary/aromatic N) is 1. The fourth-order valence-corrected chi connectivity index (χ4v) is 2.63. The van der Waals surface area contributed by atoms with Gasteiger partial charge in [-0.05, 0) is 24.3 Å². The highest BCUT2D eigenvalue weighted by molar-refractivity contribution is 5.94. The third kappa shape index (κ3) is 4.60. The molecule has 1 aromatic carbocycles. The molecular formula is C15H17F3N2O4. The highest BCUT2D eigenvalue weighted by atomic mass is 19.4. The molecule has 0 radical (unpaired) electrons. The van der Waals surface area contributed by atoms with E-state index in [9.17, 15) is 27.9 Å². The molecule has 1 aromatic rings. The lowest BCUT2D eigenvalue weighted by atomic mass is 10.1. The molecule has 2 N–H and O–H groups in total. The van der Waals surface area contributed by atoms with Crippen LogP contribution in [0.2, 0.25) is 0 Å². The van der Waals surface area contributed by atoms with Crippen molar-refractivity contribution in [3.63, 3.8) is 0 Å². The molecule has 1 saturated heterocycles. The Balaban J connectivity index is 2.05. The second-order valence-corrected chi connectivity index (χ2v) is 5.53. The van der Waals surface area contributed by atoms with Crippen LogP contribution >= 0.6 is 0 Å². The molecule has 24 heavy (non-hydrogen) atoms. The van der Waals surface area contributed by atoms with Crippen molar-refractivity contribution in [1.82, 2.24) is 10.2 Å². The lowest BCUT2D eigenvalue weighted by Gasteiger charge is -2.17. The summed E-state index contributed by atoms with van der Waals surface area (Å²) >= 11 is 0. The molecule has 0 aliphatic carbocycles. The minimum absolute atomic E-state index is 0.187. The SMILES string of the molecule is CC(=O)N[C@@H]1CN(C(=O)c2ccc(OC(F)(F)F)cc2)C[C@H]1CO. The Hall–Kier alpha value is -2.29. The first kappa shape index (κ1) is 18.1. The first-order chi connectivity index (χ1) is 11.2. The lowest BCUT2D eigenvalue weighted by molar-refractivity contribution is -0.274. The summed E-state index contributed by atoms with van der Waals surface area (Å²) in [5.74, 6) is -1.35. The smallest absolute Gasteiger partial charge is 0.406 e. The molecule has 1 fully saturated rings. The van der Waals surface area contributed by atoms with Crippen LogP contribution in [-0.2, 0) is 4.79 Å². The van der Waals surface area contributed by atoms with Crippen molar-refractivity contribution in [2.75, 3.05) is 19.7 Å². The summed E-state index contributed by atoms with van der Waals surface area (Å²) in [6.45, 7) is 1.64. The van der Waals surface area contributed by atoms with Crippen molar-refractivity contribution >= 4 is 11.8 Å². The molecule has 132 valence electrons. The molecule has 1 aliphatic rings. The third-order valence-electron chi connectivity index (χ3n) is 3.69. The van der Waals surface area contributed by atoms with Gasteiger partial charge in [-0.1, -0.05) is 0 Å². The van der Waals surface area contributed by atoms with Crippen molar-refractivity contribution in [1.29, 1.82) is 0 Å². The van der Waals surface area contributed by atoms with E-state index in [0.29, 0.717) is 0 Å². The number of aliphatic hydroxyl groups is 1. The number of hydrogen-bond acceptors (Lipinski definition) is 4. The largest absolute Gasteiger partial charge is 0.573 e. The van der Waals surface area contributed by atoms with E-state index in [1.165, 1.54) is 24.0 Å². The lowest BCUT2D eigenvalue weighted by Crippen LogP contribution is -2.40. The summed E-state index contributed by atoms with van der Waals surface area (Å²) in [5, 5.41) is 12.0. The molecule has 2 atom stereocenters. The molecular weight excluding hydrogens is 329 g/mol. The summed E-state index contributed by atoms with van der Waals surface area (Å²) < 4.78 is 40.1. The van der Waals surface area contributed by atoms with Gasteiger partial charge in [-0.15, -0.1) is 13.2 Å². The number of rotatable bonds is 4. The topological polar surface area (TPSA) is 78.9 Å². The molecule has 6 nitrogen and oxygen atoms in total. The van der Waals surface area contributed by atoms with Gasteiger partial charge in [-0.3, -0.25) is 9.59 Å². The van der Waals surface area contributed by atoms with Gasteiger partial charge in [0.2, 0.25) is 5.91 Å². The molecule has 0 saturated carbocycles. The number of ether oxygens (including phenoxy) is 1. The van der Waals surface area contributed by atoms with Crippen LogP contribution in [0.15, 0.2) is 24.3 Å². The molecule has 0 spiro atoms. The van der Waals surface area contributed by atoms with E-state index in [2.05, 4.69) is 10.1 Å². The van der Waals surface area contributed by atoms with E-state index >= 15 is 0 Å². The maximum atomic E-state index is 12.4. The molecule has 0 bridgehead atoms. The summed E-state index contributed by atoms with van der Waals surface area (Å²) in [7, 11) is 0. The molecule has 1 heterocycles. The summed E-state index contributed by atoms with van der Waals surface area (Å²) in [5.41, 5.74) is 0.199. The van der Waals surface area contributed by atoms with Crippen LogP contribution in [0.25, 0.3) is 0 Å². The molecule has 1 aliphatic heterocycles. The summed E-state index contributed by atoms with van der Waals surface area (Å²) in [6.07, 6.45) is -4.79. The quantitative estimate of drug-likeness (QED) is 0.857. The van der Waals surface area contributed by atoms with Gasteiger partial charge in [-0.2, -0.15) is 0 Å². The van der Waals surface area contributed by atoms with Gasteiger partial charge in [0.15, 0.2) is 0 Å². The monoisotopic (exact) mass is 346 g/mol. The van der Waals surface area contributed by atoms with Gasteiger partial charge in [0.05, 0.1) is 6.04 Å². The van der Waals surface area contributed by atoms with Gasteiger partial charge in [-0.25, -0.2) is 0 Å². The van der Waals surface area contributed by atoms with E-state index in [1.807, 2.05) is 0 Å². The average Bonchev–Trinajstić information content (AvgIpc) is 2.88. The highest BCUT2D eigenvalue weighted by Crippen LogP contribution is 2.24. The Morgan fingerprint density at radius 2 is 1.92 bits per heavy atom. The number of halogens is 3. The molecule has 9 heteroatoms. The van der Waals surface area contributed by atoms with Gasteiger partial charge in [0, 0.05) is 38.1 Å². The van der Waals surface area contributed by atoms with E-state index in [4.69, 9.17) is 0 Å². The van der Waals surface area contributed by atoms with Gasteiger partial charge >= 0.3 is 6.36 Å². The van der Waals surface area contributed by atoms with E-state index in [0.717, 1.165) is 12.1 Å². The number of alkyl halides is 3. The second kappa shape index (κ2) is 7.08. The number of aliphatic hydroxyl groups excluding tert-OH is 1. The number of hydrogen-bond donors (Lipinski definition) is 2. The number of amides is 2. The average molecular weight is 346 g/mol. The van der Waals surface area contributed by atoms with E-state index < -0.39 is 12.1 Å². The van der Waals surface area contributed by atoms with Gasteiger partial charge in [0.25, 0.3) is 5.91 Å². The first-order valence-electron chi connectivity index (χ1n) is 7.22. The Labute approximate surface area is 136 Å². The van der Waals surface area contributed by atoms with Crippen LogP contribution in [0.4, 0.5) is 13.2 Å². The zero-order valence-electron chi connectivity index (χ0n) is 12.8. The van der Waals surface area contributed by atoms with Crippen molar-refractivity contribution in [3.8, 4) is 5.75 Å². The van der Waals surface area contributed by atoms with Crippen molar-refractivity contribution in [2.24, 2.45) is 5.92 Å². The Morgan fingerprint density at radius 1 is 1.29 bits per heavy atom. The number of benzene rings is 1. The summed E-state index contributed by atoms with van der Waals surface area (Å²) in [6, 6.07) is 4.24. The molecule has 2 amide bonds. The fraction of sp³-hybridized carbons (Fsp3) is 0.467. The van der Waals surface area contributed by atoms with Crippen LogP contribution in [0.5, 0.6) is 5.75 Å². The van der Waals surface area contributed by atoms with Gasteiger partial charge < -0.3 is 20.1 Å². The van der Waals surface area contributed by atoms with Crippen molar-refractivity contribution in [3.05, 3.63) is 29.8 Å². The maximum absolute atomic E-state index is 12.4. The number of nitrogens with one attached hydrogen (secondary N) is 1. The zero-order chi connectivity index (χ0) is 17.9. The molecule has 0 unspecified atom stereocenters. The normalized spacial score (nSPS) is 20.8. The minimum atomic E-state index is -4.79. The maximum Gasteiger partial charge on any atom is 0.573 e. The number of carbonyl (C=O) groups excluding carboxylic acids is 2. The van der Waals surface area contributed by atoms with E-state index in [1.54, 1.807) is 0 Å². The fourth-order valence-electron chi connectivity index (χ4n) is 2.63. The number of carbonyl (C=O) groups is 2. The Bertz CT molecular complexity index is 604. The van der Waals surface area contributed by atoms with Crippen LogP contribution in [0, 0.1) is 5.92 Å².